The van der Waals surface area contributed by atoms with Crippen molar-refractivity contribution in [3.05, 3.63) is 22.7 Å². The van der Waals surface area contributed by atoms with Gasteiger partial charge in [0, 0.05) is 16.7 Å². The molecule has 0 aromatic carbocycles. The van der Waals surface area contributed by atoms with Crippen LogP contribution in [-0.4, -0.2) is 26.8 Å². The number of hydrogen-bond donors (Lipinski definition) is 1. The molecule has 0 aliphatic carbocycles. The van der Waals surface area contributed by atoms with Gasteiger partial charge in [-0.1, -0.05) is 5.16 Å². The van der Waals surface area contributed by atoms with Gasteiger partial charge >= 0.3 is 0 Å². The summed E-state index contributed by atoms with van der Waals surface area (Å²) in [6, 6.07) is 1.94. The van der Waals surface area contributed by atoms with E-state index < -0.39 is 5.60 Å². The van der Waals surface area contributed by atoms with Gasteiger partial charge in [-0.3, -0.25) is 0 Å². The van der Waals surface area contributed by atoms with E-state index in [1.165, 1.54) is 0 Å². The lowest BCUT2D eigenvalue weighted by atomic mass is 10.0. The highest BCUT2D eigenvalue weighted by Gasteiger charge is 2.39. The molecule has 1 saturated heterocycles. The quantitative estimate of drug-likeness (QED) is 0.889. The fourth-order valence-corrected chi connectivity index (χ4v) is 3.51. The smallest absolute Gasteiger partial charge is 0.259 e. The van der Waals surface area contributed by atoms with Gasteiger partial charge in [-0.25, -0.2) is 0 Å². The maximum atomic E-state index is 10.3. The van der Waals surface area contributed by atoms with Gasteiger partial charge in [0.2, 0.25) is 5.82 Å². The molecular formula is C10H10N2O2S2. The van der Waals surface area contributed by atoms with Crippen LogP contribution in [-0.2, 0) is 5.60 Å². The molecule has 1 aliphatic rings. The summed E-state index contributed by atoms with van der Waals surface area (Å²) in [5.74, 6) is 2.48. The molecule has 0 bridgehead atoms. The normalized spacial score (nSPS) is 25.1. The molecule has 0 unspecified atom stereocenters. The molecule has 6 heteroatoms. The zero-order valence-corrected chi connectivity index (χ0v) is 10.1. The number of aliphatic hydroxyl groups is 1. The van der Waals surface area contributed by atoms with Gasteiger partial charge in [0.15, 0.2) is 5.60 Å². The van der Waals surface area contributed by atoms with Crippen LogP contribution >= 0.6 is 23.1 Å². The predicted octanol–water partition coefficient (Wildman–Crippen LogP) is 2.12. The molecule has 2 aromatic heterocycles. The van der Waals surface area contributed by atoms with Gasteiger partial charge in [-0.2, -0.15) is 28.1 Å². The second kappa shape index (κ2) is 3.87. The van der Waals surface area contributed by atoms with Crippen LogP contribution in [0.5, 0.6) is 0 Å². The van der Waals surface area contributed by atoms with E-state index >= 15 is 0 Å². The van der Waals surface area contributed by atoms with Crippen LogP contribution in [0.25, 0.3) is 11.4 Å². The molecule has 4 nitrogen and oxygen atoms in total. The maximum Gasteiger partial charge on any atom is 0.259 e. The van der Waals surface area contributed by atoms with Crippen molar-refractivity contribution in [3.8, 4) is 11.4 Å². The van der Waals surface area contributed by atoms with Crippen LogP contribution in [0.2, 0.25) is 0 Å². The number of rotatable bonds is 2. The Morgan fingerprint density at radius 1 is 1.50 bits per heavy atom. The maximum absolute atomic E-state index is 10.3. The Hall–Kier alpha value is -0.850. The van der Waals surface area contributed by atoms with Crippen LogP contribution < -0.4 is 0 Å². The van der Waals surface area contributed by atoms with Gasteiger partial charge in [-0.05, 0) is 23.6 Å². The van der Waals surface area contributed by atoms with Crippen molar-refractivity contribution in [2.45, 2.75) is 12.0 Å². The van der Waals surface area contributed by atoms with Crippen molar-refractivity contribution in [2.75, 3.05) is 11.5 Å². The summed E-state index contributed by atoms with van der Waals surface area (Å²) in [6.07, 6.45) is 0.683. The second-order valence-electron chi connectivity index (χ2n) is 3.77. The van der Waals surface area contributed by atoms with Crippen molar-refractivity contribution in [3.63, 3.8) is 0 Å². The molecule has 1 atom stereocenters. The first kappa shape index (κ1) is 10.3. The zero-order valence-electron chi connectivity index (χ0n) is 8.42. The molecule has 1 aliphatic heterocycles. The highest BCUT2D eigenvalue weighted by molar-refractivity contribution is 7.99. The van der Waals surface area contributed by atoms with Gasteiger partial charge in [-0.15, -0.1) is 0 Å². The minimum absolute atomic E-state index is 0.346. The third kappa shape index (κ3) is 1.66. The van der Waals surface area contributed by atoms with E-state index in [2.05, 4.69) is 10.1 Å². The van der Waals surface area contributed by atoms with Gasteiger partial charge in [0.25, 0.3) is 5.89 Å². The van der Waals surface area contributed by atoms with Crippen molar-refractivity contribution in [1.29, 1.82) is 0 Å². The van der Waals surface area contributed by atoms with Gasteiger partial charge in [0.1, 0.15) is 0 Å². The summed E-state index contributed by atoms with van der Waals surface area (Å²) in [4.78, 5) is 4.27. The monoisotopic (exact) mass is 254 g/mol. The summed E-state index contributed by atoms with van der Waals surface area (Å²) >= 11 is 3.29. The van der Waals surface area contributed by atoms with E-state index in [4.69, 9.17) is 4.52 Å². The highest BCUT2D eigenvalue weighted by atomic mass is 32.2. The SMILES string of the molecule is O[C@]1(c2nc(-c3ccsc3)no2)CCSC1. The molecule has 1 N–H and O–H groups in total. The topological polar surface area (TPSA) is 59.2 Å². The minimum Gasteiger partial charge on any atom is -0.379 e. The molecular weight excluding hydrogens is 244 g/mol. The van der Waals surface area contributed by atoms with Crippen molar-refractivity contribution < 1.29 is 9.63 Å². The number of hydrogen-bond acceptors (Lipinski definition) is 6. The van der Waals surface area contributed by atoms with Crippen molar-refractivity contribution in [2.24, 2.45) is 0 Å². The fourth-order valence-electron chi connectivity index (χ4n) is 1.64. The van der Waals surface area contributed by atoms with E-state index in [9.17, 15) is 5.11 Å². The first-order chi connectivity index (χ1) is 7.78. The average molecular weight is 254 g/mol. The largest absolute Gasteiger partial charge is 0.379 e. The van der Waals surface area contributed by atoms with Crippen molar-refractivity contribution in [1.82, 2.24) is 10.1 Å². The Kier molecular flexibility index (Phi) is 2.49. The van der Waals surface area contributed by atoms with Crippen LogP contribution in [0.1, 0.15) is 12.3 Å². The molecule has 0 saturated carbocycles. The second-order valence-corrected chi connectivity index (χ2v) is 5.65. The lowest BCUT2D eigenvalue weighted by molar-refractivity contribution is 0.0307. The Balaban J connectivity index is 1.93. The van der Waals surface area contributed by atoms with Crippen LogP contribution in [0.4, 0.5) is 0 Å². The molecule has 2 aromatic rings. The fraction of sp³-hybridized carbons (Fsp3) is 0.400. The molecule has 3 rings (SSSR count). The molecule has 0 spiro atoms. The Morgan fingerprint density at radius 3 is 3.12 bits per heavy atom. The minimum atomic E-state index is -0.925. The number of aromatic nitrogens is 2. The number of thiophene rings is 1. The lowest BCUT2D eigenvalue weighted by Crippen LogP contribution is -2.25. The lowest BCUT2D eigenvalue weighted by Gasteiger charge is -2.14. The third-order valence-electron chi connectivity index (χ3n) is 2.60. The van der Waals surface area contributed by atoms with E-state index in [-0.39, 0.29) is 0 Å². The summed E-state index contributed by atoms with van der Waals surface area (Å²) in [5, 5.41) is 18.1. The van der Waals surface area contributed by atoms with E-state index in [0.717, 1.165) is 11.3 Å². The molecule has 3 heterocycles. The molecule has 0 amide bonds. The summed E-state index contributed by atoms with van der Waals surface area (Å²) < 4.78 is 5.16. The van der Waals surface area contributed by atoms with Crippen LogP contribution in [0.3, 0.4) is 0 Å². The Bertz CT molecular complexity index is 475. The zero-order chi connectivity index (χ0) is 11.0. The van der Waals surface area contributed by atoms with Crippen LogP contribution in [0, 0.1) is 0 Å². The average Bonchev–Trinajstić information content (AvgIpc) is 2.98. The third-order valence-corrected chi connectivity index (χ3v) is 4.46. The standard InChI is InChI=1S/C10H10N2O2S2/c13-10(2-4-16-6-10)9-11-8(12-14-9)7-1-3-15-5-7/h1,3,5,13H,2,4,6H2/t10-/m1/s1. The first-order valence-corrected chi connectivity index (χ1v) is 7.05. The molecule has 1 fully saturated rings. The molecule has 0 radical (unpaired) electrons. The highest BCUT2D eigenvalue weighted by Crippen LogP contribution is 2.36. The number of nitrogens with zero attached hydrogens (tertiary/aromatic N) is 2. The van der Waals surface area contributed by atoms with E-state index in [1.807, 2.05) is 16.8 Å². The molecule has 16 heavy (non-hydrogen) atoms. The summed E-state index contributed by atoms with van der Waals surface area (Å²) in [5.41, 5.74) is 0.0145. The van der Waals surface area contributed by atoms with Gasteiger partial charge in [0.05, 0.1) is 0 Å². The first-order valence-electron chi connectivity index (χ1n) is 4.95. The predicted molar refractivity (Wildman–Crippen MR) is 63.4 cm³/mol. The Labute approximate surface area is 101 Å². The molecule has 84 valence electrons. The summed E-state index contributed by atoms with van der Waals surface area (Å²) in [6.45, 7) is 0. The van der Waals surface area contributed by atoms with E-state index in [1.54, 1.807) is 23.1 Å². The van der Waals surface area contributed by atoms with Crippen LogP contribution in [0.15, 0.2) is 21.3 Å². The Morgan fingerprint density at radius 2 is 2.44 bits per heavy atom. The van der Waals surface area contributed by atoms with E-state index in [0.29, 0.717) is 23.9 Å². The summed E-state index contributed by atoms with van der Waals surface area (Å²) in [7, 11) is 0. The van der Waals surface area contributed by atoms with Crippen molar-refractivity contribution >= 4 is 23.1 Å². The number of thioether (sulfide) groups is 1. The van der Waals surface area contributed by atoms with Gasteiger partial charge < -0.3 is 9.63 Å².